The Bertz CT molecular complexity index is 1350. The first-order valence-corrected chi connectivity index (χ1v) is 14.7. The number of piperazine rings is 1. The summed E-state index contributed by atoms with van der Waals surface area (Å²) in [5, 5.41) is 1.03. The van der Waals surface area contributed by atoms with Crippen molar-refractivity contribution >= 4 is 28.5 Å². The molecular weight excluding hydrogens is 512 g/mol. The van der Waals surface area contributed by atoms with E-state index >= 15 is 0 Å². The van der Waals surface area contributed by atoms with Gasteiger partial charge in [0.05, 0.1) is 12.2 Å². The summed E-state index contributed by atoms with van der Waals surface area (Å²) in [5.74, 6) is 0.842. The van der Waals surface area contributed by atoms with Crippen LogP contribution >= 0.6 is 11.3 Å². The molecule has 0 N–H and O–H groups in total. The van der Waals surface area contributed by atoms with Gasteiger partial charge in [-0.05, 0) is 30.5 Å². The van der Waals surface area contributed by atoms with Crippen LogP contribution in [0.3, 0.4) is 0 Å². The molecule has 2 saturated heterocycles. The molecule has 0 radical (unpaired) electrons. The third kappa shape index (κ3) is 4.73. The molecule has 2 atom stereocenters. The Labute approximate surface area is 232 Å². The number of carbonyl (C=O) groups excluding carboxylic acids is 2. The van der Waals surface area contributed by atoms with Crippen LogP contribution in [0.25, 0.3) is 0 Å². The molecule has 3 aromatic rings. The van der Waals surface area contributed by atoms with Gasteiger partial charge >= 0.3 is 6.09 Å². The first-order valence-electron chi connectivity index (χ1n) is 13.8. The zero-order valence-electron chi connectivity index (χ0n) is 21.8. The van der Waals surface area contributed by atoms with E-state index in [1.54, 1.807) is 11.3 Å². The molecule has 39 heavy (non-hydrogen) atoms. The Kier molecular flexibility index (Phi) is 6.18. The fraction of sp³-hybridized carbons (Fsp3) is 0.433. The van der Waals surface area contributed by atoms with Crippen LogP contribution in [0.15, 0.2) is 60.7 Å². The van der Waals surface area contributed by atoms with Crippen molar-refractivity contribution in [2.24, 2.45) is 0 Å². The molecule has 3 aliphatic heterocycles. The zero-order valence-corrected chi connectivity index (χ0v) is 22.6. The smallest absolute Gasteiger partial charge is 0.410 e. The normalized spacial score (nSPS) is 22.8. The van der Waals surface area contributed by atoms with Crippen LogP contribution in [0, 0.1) is 0 Å². The van der Waals surface area contributed by atoms with E-state index in [0.29, 0.717) is 32.8 Å². The molecule has 1 aromatic heterocycles. The van der Waals surface area contributed by atoms with Crippen LogP contribution in [0.1, 0.15) is 41.8 Å². The number of carbonyl (C=O) groups is 2. The number of nitrogens with zero attached hydrogens (tertiary/aromatic N) is 4. The van der Waals surface area contributed by atoms with Crippen LogP contribution in [-0.2, 0) is 29.1 Å². The number of amides is 2. The molecule has 8 nitrogen and oxygen atoms in total. The van der Waals surface area contributed by atoms with Crippen molar-refractivity contribution in [1.29, 1.82) is 0 Å². The van der Waals surface area contributed by atoms with Gasteiger partial charge in [-0.2, -0.15) is 0 Å². The van der Waals surface area contributed by atoms with Gasteiger partial charge in [0.2, 0.25) is 0 Å². The standard InChI is InChI=1S/C30H32N4O4S/c35-27(30(14-15-30)38-24-9-5-2-6-10-24)32-16-13-25-26(19-32)39-28(31-25)34-22-11-12-23(34)18-33(17-22)29(36)37-20-21-7-3-1-4-8-21/h1-10,22-23H,11-20H2. The Balaban J connectivity index is 0.993. The van der Waals surface area contributed by atoms with E-state index < -0.39 is 5.60 Å². The summed E-state index contributed by atoms with van der Waals surface area (Å²) >= 11 is 1.71. The predicted octanol–water partition coefficient (Wildman–Crippen LogP) is 4.63. The number of thiazole rings is 1. The molecule has 4 heterocycles. The third-order valence-electron chi connectivity index (χ3n) is 8.32. The van der Waals surface area contributed by atoms with Crippen molar-refractivity contribution in [3.63, 3.8) is 0 Å². The highest BCUT2D eigenvalue weighted by Crippen LogP contribution is 2.44. The maximum absolute atomic E-state index is 13.5. The van der Waals surface area contributed by atoms with E-state index in [1.165, 1.54) is 4.88 Å². The number of fused-ring (bicyclic) bond motifs is 3. The average molecular weight is 545 g/mol. The highest BCUT2D eigenvalue weighted by Gasteiger charge is 2.55. The van der Waals surface area contributed by atoms with Gasteiger partial charge in [0.1, 0.15) is 12.4 Å². The predicted molar refractivity (Wildman–Crippen MR) is 148 cm³/mol. The fourth-order valence-electron chi connectivity index (χ4n) is 6.12. The first kappa shape index (κ1) is 24.5. The number of benzene rings is 2. The Hall–Kier alpha value is -3.59. The lowest BCUT2D eigenvalue weighted by Crippen LogP contribution is -2.55. The van der Waals surface area contributed by atoms with Crippen LogP contribution in [0.4, 0.5) is 9.93 Å². The second kappa shape index (κ2) is 9.86. The maximum atomic E-state index is 13.5. The Morgan fingerprint density at radius 3 is 2.33 bits per heavy atom. The van der Waals surface area contributed by atoms with Crippen LogP contribution in [0.2, 0.25) is 0 Å². The molecule has 2 amide bonds. The SMILES string of the molecule is O=C(OCc1ccccc1)N1CC2CCC(C1)N2c1nc2c(s1)CN(C(=O)C1(Oc3ccccc3)CC1)CC2. The minimum Gasteiger partial charge on any atom is -0.477 e. The fourth-order valence-corrected chi connectivity index (χ4v) is 7.38. The Morgan fingerprint density at radius 2 is 1.64 bits per heavy atom. The maximum Gasteiger partial charge on any atom is 0.410 e. The molecule has 1 aliphatic carbocycles. The van der Waals surface area contributed by atoms with Gasteiger partial charge in [-0.25, -0.2) is 9.78 Å². The molecule has 2 aromatic carbocycles. The molecule has 7 rings (SSSR count). The molecular formula is C30H32N4O4S. The number of rotatable bonds is 6. The lowest BCUT2D eigenvalue weighted by molar-refractivity contribution is -0.141. The minimum atomic E-state index is -0.711. The third-order valence-corrected chi connectivity index (χ3v) is 9.42. The number of hydrogen-bond donors (Lipinski definition) is 0. The summed E-state index contributed by atoms with van der Waals surface area (Å²) in [4.78, 5) is 38.8. The molecule has 3 fully saturated rings. The highest BCUT2D eigenvalue weighted by atomic mass is 32.1. The second-order valence-electron chi connectivity index (χ2n) is 11.0. The van der Waals surface area contributed by atoms with Gasteiger partial charge in [-0.15, -0.1) is 0 Å². The van der Waals surface area contributed by atoms with E-state index in [0.717, 1.165) is 54.2 Å². The van der Waals surface area contributed by atoms with Gasteiger partial charge < -0.3 is 24.2 Å². The molecule has 2 unspecified atom stereocenters. The number of aromatic nitrogens is 1. The Morgan fingerprint density at radius 1 is 0.949 bits per heavy atom. The van der Waals surface area contributed by atoms with Gasteiger partial charge in [0, 0.05) is 55.9 Å². The summed E-state index contributed by atoms with van der Waals surface area (Å²) in [6, 6.07) is 19.9. The van der Waals surface area contributed by atoms with Crippen molar-refractivity contribution in [2.45, 2.75) is 62.9 Å². The number of ether oxygens (including phenoxy) is 2. The minimum absolute atomic E-state index is 0.0923. The summed E-state index contributed by atoms with van der Waals surface area (Å²) in [6.45, 7) is 2.85. The van der Waals surface area contributed by atoms with Crippen molar-refractivity contribution in [3.05, 3.63) is 76.8 Å². The number of para-hydroxylation sites is 1. The first-order chi connectivity index (χ1) is 19.1. The van der Waals surface area contributed by atoms with Gasteiger partial charge in [-0.3, -0.25) is 4.79 Å². The summed E-state index contributed by atoms with van der Waals surface area (Å²) in [5.41, 5.74) is 1.39. The largest absolute Gasteiger partial charge is 0.477 e. The topological polar surface area (TPSA) is 75.2 Å². The highest BCUT2D eigenvalue weighted by molar-refractivity contribution is 7.15. The number of likely N-dealkylation sites (tertiary alicyclic amines) is 1. The molecule has 2 bridgehead atoms. The molecule has 202 valence electrons. The van der Waals surface area contributed by atoms with Crippen molar-refractivity contribution in [3.8, 4) is 5.75 Å². The molecule has 1 saturated carbocycles. The van der Waals surface area contributed by atoms with Gasteiger partial charge in [-0.1, -0.05) is 59.9 Å². The van der Waals surface area contributed by atoms with Crippen molar-refractivity contribution in [2.75, 3.05) is 24.5 Å². The van der Waals surface area contributed by atoms with Crippen LogP contribution in [0.5, 0.6) is 5.75 Å². The zero-order chi connectivity index (χ0) is 26.4. The van der Waals surface area contributed by atoms with E-state index in [4.69, 9.17) is 14.5 Å². The molecule has 9 heteroatoms. The average Bonchev–Trinajstić information content (AvgIpc) is 3.55. The van der Waals surface area contributed by atoms with E-state index in [2.05, 4.69) is 4.90 Å². The quantitative estimate of drug-likeness (QED) is 0.451. The van der Waals surface area contributed by atoms with E-state index in [-0.39, 0.29) is 24.1 Å². The summed E-state index contributed by atoms with van der Waals surface area (Å²) in [6.07, 6.45) is 4.14. The summed E-state index contributed by atoms with van der Waals surface area (Å²) in [7, 11) is 0. The van der Waals surface area contributed by atoms with Crippen molar-refractivity contribution in [1.82, 2.24) is 14.8 Å². The number of anilines is 1. The number of hydrogen-bond acceptors (Lipinski definition) is 7. The molecule has 0 spiro atoms. The van der Waals surface area contributed by atoms with Crippen LogP contribution < -0.4 is 9.64 Å². The van der Waals surface area contributed by atoms with E-state index in [1.807, 2.05) is 70.5 Å². The van der Waals surface area contributed by atoms with E-state index in [9.17, 15) is 9.59 Å². The lowest BCUT2D eigenvalue weighted by atomic mass is 10.1. The van der Waals surface area contributed by atoms with Crippen molar-refractivity contribution < 1.29 is 19.1 Å². The second-order valence-corrected chi connectivity index (χ2v) is 12.1. The van der Waals surface area contributed by atoms with Gasteiger partial charge in [0.15, 0.2) is 10.7 Å². The summed E-state index contributed by atoms with van der Waals surface area (Å²) < 4.78 is 11.8. The van der Waals surface area contributed by atoms with Gasteiger partial charge in [0.25, 0.3) is 5.91 Å². The monoisotopic (exact) mass is 544 g/mol. The lowest BCUT2D eigenvalue weighted by Gasteiger charge is -2.40. The van der Waals surface area contributed by atoms with Crippen LogP contribution in [-0.4, -0.2) is 64.1 Å². The molecule has 4 aliphatic rings.